The number of hydrogen-bond acceptors (Lipinski definition) is 8. The van der Waals surface area contributed by atoms with Gasteiger partial charge < -0.3 is 14.8 Å². The lowest BCUT2D eigenvalue weighted by Crippen LogP contribution is -2.44. The molecule has 8 nitrogen and oxygen atoms in total. The minimum atomic E-state index is -3.95. The number of aromatic nitrogens is 1. The summed E-state index contributed by atoms with van der Waals surface area (Å²) >= 11 is 2.86. The van der Waals surface area contributed by atoms with Gasteiger partial charge in [0.25, 0.3) is 0 Å². The van der Waals surface area contributed by atoms with Crippen LogP contribution in [0, 0.1) is 0 Å². The highest BCUT2D eigenvalue weighted by molar-refractivity contribution is 7.98. The van der Waals surface area contributed by atoms with Gasteiger partial charge in [-0.25, -0.2) is 13.4 Å². The minimum Gasteiger partial charge on any atom is -0.486 e. The monoisotopic (exact) mass is 485 g/mol. The fourth-order valence-electron chi connectivity index (χ4n) is 2.79. The second kappa shape index (κ2) is 9.76. The van der Waals surface area contributed by atoms with E-state index in [1.807, 2.05) is 32.4 Å². The van der Waals surface area contributed by atoms with E-state index in [0.717, 1.165) is 5.69 Å². The van der Waals surface area contributed by atoms with E-state index in [1.165, 1.54) is 35.2 Å². The molecule has 0 bridgehead atoms. The molecule has 0 saturated carbocycles. The van der Waals surface area contributed by atoms with Gasteiger partial charge >= 0.3 is 0 Å². The molecule has 0 saturated heterocycles. The van der Waals surface area contributed by atoms with Crippen molar-refractivity contribution in [1.82, 2.24) is 9.71 Å². The molecule has 2 N–H and O–H groups in total. The molecule has 1 aliphatic rings. The molecule has 1 unspecified atom stereocenters. The lowest BCUT2D eigenvalue weighted by molar-refractivity contribution is -0.117. The number of thioether (sulfide) groups is 1. The van der Waals surface area contributed by atoms with Crippen molar-refractivity contribution in [3.05, 3.63) is 29.3 Å². The first-order chi connectivity index (χ1) is 14.6. The highest BCUT2D eigenvalue weighted by Crippen LogP contribution is 2.32. The molecule has 1 aromatic heterocycles. The molecule has 1 aliphatic heterocycles. The first kappa shape index (κ1) is 23.8. The molecule has 0 radical (unpaired) electrons. The van der Waals surface area contributed by atoms with Gasteiger partial charge in [0, 0.05) is 16.9 Å². The van der Waals surface area contributed by atoms with Crippen LogP contribution in [0.3, 0.4) is 0 Å². The second-order valence-electron chi connectivity index (χ2n) is 8.04. The normalized spacial score (nSPS) is 14.8. The van der Waals surface area contributed by atoms with Gasteiger partial charge in [-0.2, -0.15) is 16.5 Å². The maximum absolute atomic E-state index is 13.0. The zero-order valence-electron chi connectivity index (χ0n) is 17.9. The third kappa shape index (κ3) is 6.12. The molecular weight excluding hydrogens is 458 g/mol. The Balaban J connectivity index is 1.76. The fraction of sp³-hybridized carbons (Fsp3) is 0.500. The zero-order valence-corrected chi connectivity index (χ0v) is 20.4. The highest BCUT2D eigenvalue weighted by atomic mass is 32.2. The third-order valence-corrected chi connectivity index (χ3v) is 7.42. The summed E-state index contributed by atoms with van der Waals surface area (Å²) in [5.74, 6) is 1.05. The first-order valence-corrected chi connectivity index (χ1v) is 13.5. The first-order valence-electron chi connectivity index (χ1n) is 9.78. The Kier molecular flexibility index (Phi) is 7.51. The lowest BCUT2D eigenvalue weighted by atomic mass is 9.93. The van der Waals surface area contributed by atoms with Gasteiger partial charge in [0.2, 0.25) is 15.9 Å². The number of ether oxygens (including phenoxy) is 2. The average molecular weight is 486 g/mol. The summed E-state index contributed by atoms with van der Waals surface area (Å²) in [6.07, 6.45) is 2.25. The second-order valence-corrected chi connectivity index (χ2v) is 11.6. The zero-order chi connectivity index (χ0) is 22.6. The van der Waals surface area contributed by atoms with Crippen molar-refractivity contribution in [2.45, 2.75) is 43.5 Å². The van der Waals surface area contributed by atoms with E-state index < -0.39 is 22.0 Å². The molecule has 170 valence electrons. The number of anilines is 1. The number of nitrogens with zero attached hydrogens (tertiary/aromatic N) is 1. The van der Waals surface area contributed by atoms with Crippen LogP contribution in [0.5, 0.6) is 11.5 Å². The van der Waals surface area contributed by atoms with Crippen molar-refractivity contribution < 1.29 is 22.7 Å². The van der Waals surface area contributed by atoms with Crippen LogP contribution >= 0.6 is 23.1 Å². The number of nitrogens with one attached hydrogen (secondary N) is 2. The number of rotatable bonds is 8. The molecule has 2 aromatic rings. The predicted octanol–water partition coefficient (Wildman–Crippen LogP) is 3.25. The highest BCUT2D eigenvalue weighted by Gasteiger charge is 2.28. The van der Waals surface area contributed by atoms with E-state index in [0.29, 0.717) is 42.0 Å². The van der Waals surface area contributed by atoms with Crippen LogP contribution in [0.25, 0.3) is 0 Å². The van der Waals surface area contributed by atoms with E-state index in [2.05, 4.69) is 15.0 Å². The smallest absolute Gasteiger partial charge is 0.244 e. The van der Waals surface area contributed by atoms with Crippen LogP contribution in [-0.2, 0) is 20.2 Å². The van der Waals surface area contributed by atoms with Crippen molar-refractivity contribution in [1.29, 1.82) is 0 Å². The number of thiazole rings is 1. The third-order valence-electron chi connectivity index (χ3n) is 4.55. The number of sulfonamides is 1. The Hall–Kier alpha value is -1.82. The molecule has 31 heavy (non-hydrogen) atoms. The van der Waals surface area contributed by atoms with Crippen LogP contribution < -0.4 is 19.5 Å². The van der Waals surface area contributed by atoms with E-state index in [1.54, 1.807) is 6.07 Å². The van der Waals surface area contributed by atoms with Crippen molar-refractivity contribution in [2.24, 2.45) is 0 Å². The molecule has 1 amide bonds. The van der Waals surface area contributed by atoms with Crippen LogP contribution in [0.4, 0.5) is 5.13 Å². The van der Waals surface area contributed by atoms with Crippen molar-refractivity contribution in [3.63, 3.8) is 0 Å². The number of carbonyl (C=O) groups excluding carboxylic acids is 1. The number of fused-ring (bicyclic) bond motifs is 1. The number of amides is 1. The van der Waals surface area contributed by atoms with Gasteiger partial charge in [-0.15, -0.1) is 11.3 Å². The standard InChI is InChI=1S/C20H27N3O5S3/c1-20(2,3)17-12-30-19(21-17)22-18(24)14(7-10-29-4)23-31(25,26)13-5-6-15-16(11-13)28-9-8-27-15/h5-6,11-12,14,23H,7-10H2,1-4H3,(H,21,22,24). The summed E-state index contributed by atoms with van der Waals surface area (Å²) in [7, 11) is -3.95. The van der Waals surface area contributed by atoms with Crippen LogP contribution in [-0.4, -0.2) is 50.6 Å². The lowest BCUT2D eigenvalue weighted by Gasteiger charge is -2.20. The Labute approximate surface area is 191 Å². The van der Waals surface area contributed by atoms with Crippen LogP contribution in [0.15, 0.2) is 28.5 Å². The van der Waals surface area contributed by atoms with E-state index in [9.17, 15) is 13.2 Å². The fourth-order valence-corrected chi connectivity index (χ4v) is 5.45. The summed E-state index contributed by atoms with van der Waals surface area (Å²) in [5, 5.41) is 5.10. The average Bonchev–Trinajstić information content (AvgIpc) is 3.19. The predicted molar refractivity (Wildman–Crippen MR) is 124 cm³/mol. The van der Waals surface area contributed by atoms with Gasteiger partial charge in [-0.3, -0.25) is 4.79 Å². The quantitative estimate of drug-likeness (QED) is 0.591. The van der Waals surface area contributed by atoms with E-state index >= 15 is 0 Å². The number of carbonyl (C=O) groups is 1. The molecule has 1 atom stereocenters. The topological polar surface area (TPSA) is 107 Å². The number of hydrogen-bond donors (Lipinski definition) is 2. The van der Waals surface area contributed by atoms with E-state index in [4.69, 9.17) is 9.47 Å². The van der Waals surface area contributed by atoms with Crippen LogP contribution in [0.1, 0.15) is 32.9 Å². The maximum Gasteiger partial charge on any atom is 0.244 e. The molecule has 0 spiro atoms. The minimum absolute atomic E-state index is 0.0166. The van der Waals surface area contributed by atoms with Crippen molar-refractivity contribution in [2.75, 3.05) is 30.5 Å². The van der Waals surface area contributed by atoms with Crippen molar-refractivity contribution in [3.8, 4) is 11.5 Å². The largest absolute Gasteiger partial charge is 0.486 e. The molecule has 0 aliphatic carbocycles. The Bertz CT molecular complexity index is 1030. The Morgan fingerprint density at radius 3 is 2.61 bits per heavy atom. The Morgan fingerprint density at radius 2 is 1.97 bits per heavy atom. The van der Waals surface area contributed by atoms with Gasteiger partial charge in [-0.1, -0.05) is 20.8 Å². The van der Waals surface area contributed by atoms with Gasteiger partial charge in [0.1, 0.15) is 19.3 Å². The molecule has 2 heterocycles. The number of benzene rings is 1. The molecule has 0 fully saturated rings. The molecule has 3 rings (SSSR count). The summed E-state index contributed by atoms with van der Waals surface area (Å²) < 4.78 is 39.4. The van der Waals surface area contributed by atoms with Gasteiger partial charge in [-0.05, 0) is 30.6 Å². The Morgan fingerprint density at radius 1 is 1.26 bits per heavy atom. The van der Waals surface area contributed by atoms with Gasteiger partial charge in [0.15, 0.2) is 16.6 Å². The van der Waals surface area contributed by atoms with E-state index in [-0.39, 0.29) is 10.3 Å². The SMILES string of the molecule is CSCCC(NS(=O)(=O)c1ccc2c(c1)OCCO2)C(=O)Nc1nc(C(C)(C)C)cs1. The molecule has 1 aromatic carbocycles. The summed E-state index contributed by atoms with van der Waals surface area (Å²) in [5.41, 5.74) is 0.725. The van der Waals surface area contributed by atoms with Crippen LogP contribution in [0.2, 0.25) is 0 Å². The summed E-state index contributed by atoms with van der Waals surface area (Å²) in [6.45, 7) is 6.89. The molecule has 11 heteroatoms. The molecular formula is C20H27N3O5S3. The summed E-state index contributed by atoms with van der Waals surface area (Å²) in [6, 6.07) is 3.48. The maximum atomic E-state index is 13.0. The van der Waals surface area contributed by atoms with Crippen molar-refractivity contribution >= 4 is 44.2 Å². The van der Waals surface area contributed by atoms with Gasteiger partial charge in [0.05, 0.1) is 10.6 Å². The summed E-state index contributed by atoms with van der Waals surface area (Å²) in [4.78, 5) is 17.4.